The average Bonchev–Trinajstić information content (AvgIpc) is 2.87. The van der Waals surface area contributed by atoms with Crippen LogP contribution in [0.3, 0.4) is 0 Å². The minimum Gasteiger partial charge on any atom is -0.366 e. The Morgan fingerprint density at radius 3 is 2.78 bits per heavy atom. The van der Waals surface area contributed by atoms with Gasteiger partial charge in [0.2, 0.25) is 0 Å². The number of halogens is 1. The lowest BCUT2D eigenvalue weighted by molar-refractivity contribution is 0.625. The third kappa shape index (κ3) is 3.55. The van der Waals surface area contributed by atoms with E-state index in [1.807, 2.05) is 12.1 Å². The molecular weight excluding hydrogens is 247 g/mol. The lowest BCUT2D eigenvalue weighted by atomic mass is 10.2. The monoisotopic (exact) mass is 264 g/mol. The van der Waals surface area contributed by atoms with Gasteiger partial charge in [-0.25, -0.2) is 4.39 Å². The number of nitrogens with zero attached hydrogens (tertiary/aromatic N) is 1. The molecule has 18 heavy (non-hydrogen) atoms. The van der Waals surface area contributed by atoms with E-state index >= 15 is 0 Å². The zero-order chi connectivity index (χ0) is 12.8. The molecule has 0 fully saturated rings. The van der Waals surface area contributed by atoms with Crippen molar-refractivity contribution >= 4 is 17.0 Å². The predicted molar refractivity (Wildman–Crippen MR) is 75.4 cm³/mol. The molecule has 0 radical (unpaired) electrons. The van der Waals surface area contributed by atoms with E-state index in [1.165, 1.54) is 10.9 Å². The topological polar surface area (TPSA) is 29.3 Å². The molecule has 0 saturated heterocycles. The van der Waals surface area contributed by atoms with E-state index in [0.29, 0.717) is 6.54 Å². The van der Waals surface area contributed by atoms with Crippen LogP contribution in [-0.4, -0.2) is 13.1 Å². The van der Waals surface area contributed by atoms with Crippen LogP contribution in [0, 0.1) is 5.82 Å². The molecule has 0 aliphatic heterocycles. The average molecular weight is 264 g/mol. The fourth-order valence-corrected chi connectivity index (χ4v) is 2.56. The molecule has 0 aliphatic carbocycles. The lowest BCUT2D eigenvalue weighted by Gasteiger charge is -2.24. The Hall–Kier alpha value is -1.39. The number of anilines is 1. The van der Waals surface area contributed by atoms with Crippen molar-refractivity contribution in [3.05, 3.63) is 52.5 Å². The number of benzene rings is 1. The number of hydrogen-bond donors (Lipinski definition) is 1. The second-order valence-corrected chi connectivity index (χ2v) is 5.16. The van der Waals surface area contributed by atoms with Gasteiger partial charge < -0.3 is 10.6 Å². The van der Waals surface area contributed by atoms with Gasteiger partial charge in [-0.1, -0.05) is 12.1 Å². The van der Waals surface area contributed by atoms with E-state index in [0.717, 1.165) is 25.2 Å². The predicted octanol–water partition coefficient (Wildman–Crippen LogP) is 3.24. The van der Waals surface area contributed by atoms with Crippen molar-refractivity contribution in [2.45, 2.75) is 13.0 Å². The third-order valence-electron chi connectivity index (χ3n) is 2.73. The first-order chi connectivity index (χ1) is 8.79. The molecule has 1 aromatic heterocycles. The number of nitrogens with two attached hydrogens (primary N) is 1. The largest absolute Gasteiger partial charge is 0.366 e. The molecule has 0 bridgehead atoms. The van der Waals surface area contributed by atoms with Gasteiger partial charge in [0, 0.05) is 17.1 Å². The fourth-order valence-electron chi connectivity index (χ4n) is 1.85. The van der Waals surface area contributed by atoms with Crippen molar-refractivity contribution in [1.29, 1.82) is 0 Å². The molecule has 0 saturated carbocycles. The Morgan fingerprint density at radius 1 is 1.22 bits per heavy atom. The van der Waals surface area contributed by atoms with Gasteiger partial charge in [-0.3, -0.25) is 0 Å². The molecule has 2 N–H and O–H groups in total. The maximum Gasteiger partial charge on any atom is 0.125 e. The van der Waals surface area contributed by atoms with Crippen LogP contribution in [0.4, 0.5) is 10.1 Å². The molecule has 0 unspecified atom stereocenters. The van der Waals surface area contributed by atoms with Crippen molar-refractivity contribution < 1.29 is 4.39 Å². The molecule has 0 amide bonds. The molecule has 96 valence electrons. The molecule has 0 atom stereocenters. The summed E-state index contributed by atoms with van der Waals surface area (Å²) in [5, 5.41) is 2.06. The van der Waals surface area contributed by atoms with Crippen LogP contribution in [0.5, 0.6) is 0 Å². The van der Waals surface area contributed by atoms with Crippen molar-refractivity contribution in [3.63, 3.8) is 0 Å². The summed E-state index contributed by atoms with van der Waals surface area (Å²) in [6.45, 7) is 2.30. The van der Waals surface area contributed by atoms with Gasteiger partial charge in [-0.05, 0) is 42.6 Å². The molecular formula is C14H17FN2S. The first-order valence-electron chi connectivity index (χ1n) is 6.02. The zero-order valence-electron chi connectivity index (χ0n) is 10.2. The van der Waals surface area contributed by atoms with Crippen LogP contribution >= 0.6 is 11.3 Å². The smallest absolute Gasteiger partial charge is 0.125 e. The number of thiophene rings is 1. The van der Waals surface area contributed by atoms with Crippen LogP contribution in [0.1, 0.15) is 11.3 Å². The van der Waals surface area contributed by atoms with Gasteiger partial charge >= 0.3 is 0 Å². The van der Waals surface area contributed by atoms with E-state index in [4.69, 9.17) is 5.73 Å². The summed E-state index contributed by atoms with van der Waals surface area (Å²) in [6.07, 6.45) is 0.905. The van der Waals surface area contributed by atoms with Gasteiger partial charge in [0.05, 0.1) is 6.54 Å². The van der Waals surface area contributed by atoms with E-state index < -0.39 is 0 Å². The normalized spacial score (nSPS) is 10.6. The van der Waals surface area contributed by atoms with Crippen molar-refractivity contribution in [2.24, 2.45) is 5.73 Å². The van der Waals surface area contributed by atoms with E-state index in [-0.39, 0.29) is 5.82 Å². The maximum absolute atomic E-state index is 13.3. The molecule has 2 aromatic rings. The third-order valence-corrected chi connectivity index (χ3v) is 3.59. The number of hydrogen-bond acceptors (Lipinski definition) is 3. The molecule has 0 aliphatic rings. The zero-order valence-corrected chi connectivity index (χ0v) is 11.0. The highest BCUT2D eigenvalue weighted by atomic mass is 32.1. The van der Waals surface area contributed by atoms with E-state index in [2.05, 4.69) is 16.3 Å². The summed E-state index contributed by atoms with van der Waals surface area (Å²) < 4.78 is 13.3. The Balaban J connectivity index is 2.13. The minimum absolute atomic E-state index is 0.198. The van der Waals surface area contributed by atoms with Gasteiger partial charge in [0.1, 0.15) is 5.82 Å². The standard InChI is InChI=1S/C14H17FN2S/c15-12-4-1-5-13(10-12)17(8-3-7-16)11-14-6-2-9-18-14/h1-2,4-6,9-10H,3,7-8,11,16H2. The van der Waals surface area contributed by atoms with Crippen molar-refractivity contribution in [2.75, 3.05) is 18.0 Å². The fraction of sp³-hybridized carbons (Fsp3) is 0.286. The quantitative estimate of drug-likeness (QED) is 0.868. The highest BCUT2D eigenvalue weighted by Crippen LogP contribution is 2.20. The first kappa shape index (κ1) is 13.1. The molecule has 2 nitrogen and oxygen atoms in total. The second-order valence-electron chi connectivity index (χ2n) is 4.12. The second kappa shape index (κ2) is 6.52. The molecule has 2 rings (SSSR count). The molecule has 1 heterocycles. The maximum atomic E-state index is 13.3. The summed E-state index contributed by atoms with van der Waals surface area (Å²) in [4.78, 5) is 3.44. The lowest BCUT2D eigenvalue weighted by Crippen LogP contribution is -2.25. The van der Waals surface area contributed by atoms with Crippen LogP contribution < -0.4 is 10.6 Å². The summed E-state index contributed by atoms with van der Waals surface area (Å²) in [7, 11) is 0. The van der Waals surface area contributed by atoms with E-state index in [1.54, 1.807) is 23.5 Å². The van der Waals surface area contributed by atoms with Gasteiger partial charge in [0.15, 0.2) is 0 Å². The Kier molecular flexibility index (Phi) is 4.73. The summed E-state index contributed by atoms with van der Waals surface area (Å²) in [5.41, 5.74) is 6.47. The van der Waals surface area contributed by atoms with Crippen LogP contribution in [0.2, 0.25) is 0 Å². The SMILES string of the molecule is NCCCN(Cc1cccs1)c1cccc(F)c1. The summed E-state index contributed by atoms with van der Waals surface area (Å²) in [5.74, 6) is -0.198. The number of rotatable bonds is 6. The van der Waals surface area contributed by atoms with Crippen LogP contribution in [-0.2, 0) is 6.54 Å². The summed E-state index contributed by atoms with van der Waals surface area (Å²) >= 11 is 1.72. The molecule has 0 spiro atoms. The highest BCUT2D eigenvalue weighted by Gasteiger charge is 2.08. The Labute approximate surface area is 111 Å². The van der Waals surface area contributed by atoms with Crippen LogP contribution in [0.15, 0.2) is 41.8 Å². The highest BCUT2D eigenvalue weighted by molar-refractivity contribution is 7.09. The summed E-state index contributed by atoms with van der Waals surface area (Å²) in [6, 6.07) is 10.9. The van der Waals surface area contributed by atoms with Crippen molar-refractivity contribution in [1.82, 2.24) is 0 Å². The van der Waals surface area contributed by atoms with Crippen molar-refractivity contribution in [3.8, 4) is 0 Å². The Morgan fingerprint density at radius 2 is 2.11 bits per heavy atom. The van der Waals surface area contributed by atoms with Gasteiger partial charge in [-0.15, -0.1) is 11.3 Å². The van der Waals surface area contributed by atoms with Gasteiger partial charge in [0.25, 0.3) is 0 Å². The first-order valence-corrected chi connectivity index (χ1v) is 6.90. The molecule has 4 heteroatoms. The Bertz CT molecular complexity index is 470. The van der Waals surface area contributed by atoms with Gasteiger partial charge in [-0.2, -0.15) is 0 Å². The van der Waals surface area contributed by atoms with E-state index in [9.17, 15) is 4.39 Å². The molecule has 1 aromatic carbocycles. The minimum atomic E-state index is -0.198. The van der Waals surface area contributed by atoms with Crippen LogP contribution in [0.25, 0.3) is 0 Å².